The second kappa shape index (κ2) is 3.40. The third-order valence-electron chi connectivity index (χ3n) is 1.85. The van der Waals surface area contributed by atoms with E-state index in [1.807, 2.05) is 0 Å². The first-order valence-electron chi connectivity index (χ1n) is 3.62. The molecule has 0 atom stereocenters. The average molecular weight is 183 g/mol. The molecule has 1 rings (SSSR count). The van der Waals surface area contributed by atoms with Gasteiger partial charge in [0, 0.05) is 12.5 Å². The lowest BCUT2D eigenvalue weighted by molar-refractivity contribution is -0.613. The van der Waals surface area contributed by atoms with Gasteiger partial charge in [-0.05, 0) is 0 Å². The zero-order chi connectivity index (χ0) is 10.0. The van der Waals surface area contributed by atoms with E-state index in [0.717, 1.165) is 6.20 Å². The number of carbonyl (C=O) groups excluding carboxylic acids is 1. The molecule has 0 spiro atoms. The molecule has 0 aliphatic rings. The van der Waals surface area contributed by atoms with Gasteiger partial charge in [0.1, 0.15) is 0 Å². The Labute approximate surface area is 74.5 Å². The zero-order valence-corrected chi connectivity index (χ0v) is 7.02. The molecule has 1 aromatic heterocycles. The molecule has 0 fully saturated rings. The van der Waals surface area contributed by atoms with Crippen LogP contribution in [0, 0.1) is 12.1 Å². The van der Waals surface area contributed by atoms with Crippen molar-refractivity contribution in [1.82, 2.24) is 0 Å². The van der Waals surface area contributed by atoms with Gasteiger partial charge in [-0.25, -0.2) is 0 Å². The fourth-order valence-corrected chi connectivity index (χ4v) is 1.03. The molecule has 1 aromatic rings. The summed E-state index contributed by atoms with van der Waals surface area (Å²) in [5.41, 5.74) is 0.148. The predicted molar refractivity (Wildman–Crippen MR) is 43.1 cm³/mol. The first-order chi connectivity index (χ1) is 6.11. The Bertz CT molecular complexity index is 348. The number of aliphatic hydroxyl groups excluding tert-OH is 1. The lowest BCUT2D eigenvalue weighted by atomic mass is 10.1. The largest absolute Gasteiger partial charge is 0.618 e. The third-order valence-corrected chi connectivity index (χ3v) is 1.85. The highest BCUT2D eigenvalue weighted by atomic mass is 16.5. The minimum Gasteiger partial charge on any atom is -0.618 e. The number of aldehydes is 1. The highest BCUT2D eigenvalue weighted by molar-refractivity contribution is 5.77. The topological polar surface area (TPSA) is 84.5 Å². The first-order valence-corrected chi connectivity index (χ1v) is 3.62. The van der Waals surface area contributed by atoms with Crippen molar-refractivity contribution in [3.8, 4) is 5.75 Å². The Morgan fingerprint density at radius 2 is 2.31 bits per heavy atom. The minimum atomic E-state index is -0.471. The summed E-state index contributed by atoms with van der Waals surface area (Å²) in [6.45, 7) is 0.928. The van der Waals surface area contributed by atoms with Gasteiger partial charge in [-0.2, -0.15) is 4.73 Å². The van der Waals surface area contributed by atoms with Crippen LogP contribution in [0.2, 0.25) is 0 Å². The molecule has 0 bridgehead atoms. The van der Waals surface area contributed by atoms with Crippen LogP contribution in [-0.2, 0) is 6.61 Å². The van der Waals surface area contributed by atoms with E-state index in [1.54, 1.807) is 0 Å². The standard InChI is InChI=1S/C8H9NO4/c1-5-8(12)7(4-11)6(3-10)2-9(5)13/h2-3,11-12H,4H2,1H3. The number of rotatable bonds is 2. The van der Waals surface area contributed by atoms with Gasteiger partial charge in [0.2, 0.25) is 5.69 Å². The fourth-order valence-electron chi connectivity index (χ4n) is 1.03. The summed E-state index contributed by atoms with van der Waals surface area (Å²) in [5, 5.41) is 29.2. The summed E-state index contributed by atoms with van der Waals surface area (Å²) in [6.07, 6.45) is 1.44. The normalized spacial score (nSPS) is 10.0. The molecule has 0 saturated carbocycles. The maximum atomic E-state index is 11.0. The number of aromatic nitrogens is 1. The van der Waals surface area contributed by atoms with E-state index in [1.165, 1.54) is 6.92 Å². The number of pyridine rings is 1. The predicted octanol–water partition coefficient (Wildman–Crippen LogP) is -0.361. The summed E-state index contributed by atoms with van der Waals surface area (Å²) in [7, 11) is 0. The molecule has 0 saturated heterocycles. The molecule has 70 valence electrons. The number of carbonyl (C=O) groups is 1. The van der Waals surface area contributed by atoms with Crippen molar-refractivity contribution in [2.45, 2.75) is 13.5 Å². The van der Waals surface area contributed by atoms with Crippen LogP contribution in [0.4, 0.5) is 0 Å². The molecule has 13 heavy (non-hydrogen) atoms. The fraction of sp³-hybridized carbons (Fsp3) is 0.250. The van der Waals surface area contributed by atoms with E-state index >= 15 is 0 Å². The van der Waals surface area contributed by atoms with Crippen molar-refractivity contribution < 1.29 is 19.7 Å². The molecule has 0 amide bonds. The lowest BCUT2D eigenvalue weighted by Crippen LogP contribution is -2.31. The van der Waals surface area contributed by atoms with Gasteiger partial charge < -0.3 is 15.4 Å². The van der Waals surface area contributed by atoms with Gasteiger partial charge in [0.15, 0.2) is 18.2 Å². The molecule has 0 unspecified atom stereocenters. The quantitative estimate of drug-likeness (QED) is 0.372. The van der Waals surface area contributed by atoms with E-state index < -0.39 is 6.61 Å². The van der Waals surface area contributed by atoms with Gasteiger partial charge in [0.25, 0.3) is 0 Å². The van der Waals surface area contributed by atoms with Crippen LogP contribution in [0.5, 0.6) is 5.75 Å². The van der Waals surface area contributed by atoms with Gasteiger partial charge in [0.05, 0.1) is 12.2 Å². The molecule has 0 aliphatic carbocycles. The Hall–Kier alpha value is -1.62. The highest BCUT2D eigenvalue weighted by Gasteiger charge is 2.16. The summed E-state index contributed by atoms with van der Waals surface area (Å²) < 4.78 is 0.387. The van der Waals surface area contributed by atoms with Crippen LogP contribution in [0.15, 0.2) is 6.20 Å². The van der Waals surface area contributed by atoms with Crippen LogP contribution < -0.4 is 4.73 Å². The molecular weight excluding hydrogens is 174 g/mol. The van der Waals surface area contributed by atoms with E-state index in [9.17, 15) is 15.1 Å². The molecule has 1 heterocycles. The van der Waals surface area contributed by atoms with Crippen LogP contribution in [0.3, 0.4) is 0 Å². The Morgan fingerprint density at radius 3 is 2.77 bits per heavy atom. The van der Waals surface area contributed by atoms with E-state index in [0.29, 0.717) is 11.0 Å². The van der Waals surface area contributed by atoms with Gasteiger partial charge in [-0.1, -0.05) is 0 Å². The van der Waals surface area contributed by atoms with Crippen LogP contribution >= 0.6 is 0 Å². The summed E-state index contributed by atoms with van der Waals surface area (Å²) in [4.78, 5) is 10.4. The number of aromatic hydroxyl groups is 1. The van der Waals surface area contributed by atoms with Crippen molar-refractivity contribution in [2.75, 3.05) is 0 Å². The van der Waals surface area contributed by atoms with Crippen molar-refractivity contribution in [2.24, 2.45) is 0 Å². The van der Waals surface area contributed by atoms with Crippen molar-refractivity contribution in [3.63, 3.8) is 0 Å². The Balaban J connectivity index is 3.47. The average Bonchev–Trinajstić information content (AvgIpc) is 2.13. The van der Waals surface area contributed by atoms with Gasteiger partial charge >= 0.3 is 0 Å². The highest BCUT2D eigenvalue weighted by Crippen LogP contribution is 2.21. The molecule has 0 radical (unpaired) electrons. The third kappa shape index (κ3) is 1.46. The smallest absolute Gasteiger partial charge is 0.231 e. The van der Waals surface area contributed by atoms with Gasteiger partial charge in [-0.15, -0.1) is 0 Å². The first kappa shape index (κ1) is 9.47. The van der Waals surface area contributed by atoms with E-state index in [4.69, 9.17) is 5.11 Å². The van der Waals surface area contributed by atoms with E-state index in [2.05, 4.69) is 0 Å². The molecule has 5 heteroatoms. The number of hydrogen-bond acceptors (Lipinski definition) is 4. The minimum absolute atomic E-state index is 0.000556. The molecule has 2 N–H and O–H groups in total. The lowest BCUT2D eigenvalue weighted by Gasteiger charge is -2.07. The summed E-state index contributed by atoms with van der Waals surface area (Å²) in [5.74, 6) is -0.331. The maximum Gasteiger partial charge on any atom is 0.231 e. The van der Waals surface area contributed by atoms with E-state index in [-0.39, 0.29) is 22.6 Å². The maximum absolute atomic E-state index is 11.0. The summed E-state index contributed by atoms with van der Waals surface area (Å²) >= 11 is 0. The number of aliphatic hydroxyl groups is 1. The molecular formula is C8H9NO4. The molecule has 0 aromatic carbocycles. The number of hydrogen-bond donors (Lipinski definition) is 2. The van der Waals surface area contributed by atoms with Crippen molar-refractivity contribution in [3.05, 3.63) is 28.2 Å². The number of nitrogens with zero attached hydrogens (tertiary/aromatic N) is 1. The monoisotopic (exact) mass is 183 g/mol. The van der Waals surface area contributed by atoms with Crippen molar-refractivity contribution >= 4 is 6.29 Å². The van der Waals surface area contributed by atoms with Crippen LogP contribution in [0.25, 0.3) is 0 Å². The van der Waals surface area contributed by atoms with Gasteiger partial charge in [-0.3, -0.25) is 4.79 Å². The van der Waals surface area contributed by atoms with Crippen LogP contribution in [-0.4, -0.2) is 16.5 Å². The second-order valence-corrected chi connectivity index (χ2v) is 2.60. The molecule has 5 nitrogen and oxygen atoms in total. The Kier molecular flexibility index (Phi) is 2.48. The zero-order valence-electron chi connectivity index (χ0n) is 7.02. The second-order valence-electron chi connectivity index (χ2n) is 2.60. The van der Waals surface area contributed by atoms with Crippen LogP contribution in [0.1, 0.15) is 21.6 Å². The van der Waals surface area contributed by atoms with Crippen molar-refractivity contribution in [1.29, 1.82) is 0 Å². The SMILES string of the molecule is Cc1c(O)c(CO)c(C=O)c[n+]1[O-]. The molecule has 0 aliphatic heterocycles. The Morgan fingerprint density at radius 1 is 1.69 bits per heavy atom. The summed E-state index contributed by atoms with van der Waals surface area (Å²) in [6, 6.07) is 0.